The van der Waals surface area contributed by atoms with Crippen molar-refractivity contribution in [2.45, 2.75) is 13.3 Å². The maximum absolute atomic E-state index is 12.2. The Balaban J connectivity index is 1.59. The molecule has 1 aromatic heterocycles. The van der Waals surface area contributed by atoms with Crippen molar-refractivity contribution in [2.24, 2.45) is 0 Å². The predicted molar refractivity (Wildman–Crippen MR) is 103 cm³/mol. The first kappa shape index (κ1) is 19.2. The Morgan fingerprint density at radius 3 is 2.43 bits per heavy atom. The molecule has 0 aliphatic heterocycles. The van der Waals surface area contributed by atoms with Crippen molar-refractivity contribution in [3.05, 3.63) is 48.4 Å². The van der Waals surface area contributed by atoms with Gasteiger partial charge in [0.25, 0.3) is 5.91 Å². The third-order valence-corrected chi connectivity index (χ3v) is 3.92. The Morgan fingerprint density at radius 1 is 1.04 bits per heavy atom. The van der Waals surface area contributed by atoms with Crippen LogP contribution in [-0.2, 0) is 11.2 Å². The maximum Gasteiger partial charge on any atom is 0.262 e. The number of anilines is 1. The lowest BCUT2D eigenvalue weighted by molar-refractivity contribution is -0.118. The lowest BCUT2D eigenvalue weighted by atomic mass is 10.2. The summed E-state index contributed by atoms with van der Waals surface area (Å²) in [6.07, 6.45) is 0.682. The molecule has 146 valence electrons. The van der Waals surface area contributed by atoms with Crippen molar-refractivity contribution < 1.29 is 23.4 Å². The summed E-state index contributed by atoms with van der Waals surface area (Å²) < 4.78 is 21.5. The van der Waals surface area contributed by atoms with E-state index < -0.39 is 0 Å². The summed E-state index contributed by atoms with van der Waals surface area (Å²) in [5, 5.41) is 10.7. The first-order valence-electron chi connectivity index (χ1n) is 8.70. The van der Waals surface area contributed by atoms with Gasteiger partial charge in [0.05, 0.1) is 19.9 Å². The molecule has 0 radical (unpaired) electrons. The quantitative estimate of drug-likeness (QED) is 0.637. The van der Waals surface area contributed by atoms with Gasteiger partial charge in [0.15, 0.2) is 6.61 Å². The molecule has 0 aliphatic rings. The molecular formula is C20H21N3O5. The normalized spacial score (nSPS) is 10.4. The molecule has 1 N–H and O–H groups in total. The highest BCUT2D eigenvalue weighted by Gasteiger charge is 2.11. The van der Waals surface area contributed by atoms with E-state index >= 15 is 0 Å². The van der Waals surface area contributed by atoms with Gasteiger partial charge in [-0.25, -0.2) is 0 Å². The monoisotopic (exact) mass is 383 g/mol. The van der Waals surface area contributed by atoms with E-state index in [1.165, 1.54) is 7.11 Å². The van der Waals surface area contributed by atoms with Gasteiger partial charge in [0.2, 0.25) is 11.8 Å². The number of nitrogens with one attached hydrogen (secondary N) is 1. The third kappa shape index (κ3) is 4.59. The first-order valence-corrected chi connectivity index (χ1v) is 8.70. The number of ether oxygens (including phenoxy) is 3. The lowest BCUT2D eigenvalue weighted by Gasteiger charge is -2.12. The number of aromatic nitrogens is 2. The van der Waals surface area contributed by atoms with Gasteiger partial charge in [0, 0.05) is 18.1 Å². The largest absolute Gasteiger partial charge is 0.497 e. The fourth-order valence-corrected chi connectivity index (χ4v) is 2.45. The van der Waals surface area contributed by atoms with Crippen LogP contribution < -0.4 is 19.5 Å². The minimum absolute atomic E-state index is 0.153. The highest BCUT2D eigenvalue weighted by atomic mass is 16.5. The fraction of sp³-hybridized carbons (Fsp3) is 0.250. The summed E-state index contributed by atoms with van der Waals surface area (Å²) in [5.41, 5.74) is 1.29. The standard InChI is InChI=1S/C20H21N3O5/c1-4-19-22-23-20(28-19)13-5-7-14(8-6-13)27-12-18(24)21-16-11-15(25-2)9-10-17(16)26-3/h5-11H,4,12H2,1-3H3,(H,21,24). The van der Waals surface area contributed by atoms with Crippen LogP contribution in [-0.4, -0.2) is 36.9 Å². The van der Waals surface area contributed by atoms with Crippen molar-refractivity contribution in [3.63, 3.8) is 0 Å². The van der Waals surface area contributed by atoms with Crippen molar-refractivity contribution in [3.8, 4) is 28.7 Å². The van der Waals surface area contributed by atoms with E-state index in [9.17, 15) is 4.79 Å². The minimum atomic E-state index is -0.319. The van der Waals surface area contributed by atoms with E-state index in [1.807, 2.05) is 6.92 Å². The fourth-order valence-electron chi connectivity index (χ4n) is 2.45. The highest BCUT2D eigenvalue weighted by molar-refractivity contribution is 5.93. The number of benzene rings is 2. The van der Waals surface area contributed by atoms with Crippen LogP contribution in [0.1, 0.15) is 12.8 Å². The summed E-state index contributed by atoms with van der Waals surface area (Å²) in [7, 11) is 3.08. The van der Waals surface area contributed by atoms with Crippen molar-refractivity contribution >= 4 is 11.6 Å². The topological polar surface area (TPSA) is 95.7 Å². The molecule has 0 atom stereocenters. The van der Waals surface area contributed by atoms with Crippen LogP contribution in [0, 0.1) is 0 Å². The minimum Gasteiger partial charge on any atom is -0.497 e. The maximum atomic E-state index is 12.2. The van der Waals surface area contributed by atoms with Crippen LogP contribution in [0.4, 0.5) is 5.69 Å². The van der Waals surface area contributed by atoms with Gasteiger partial charge in [-0.15, -0.1) is 10.2 Å². The molecule has 0 aliphatic carbocycles. The molecule has 2 aromatic carbocycles. The number of hydrogen-bond donors (Lipinski definition) is 1. The second-order valence-electron chi connectivity index (χ2n) is 5.78. The van der Waals surface area contributed by atoms with Crippen molar-refractivity contribution in [1.82, 2.24) is 10.2 Å². The van der Waals surface area contributed by atoms with E-state index in [2.05, 4.69) is 15.5 Å². The zero-order valence-corrected chi connectivity index (χ0v) is 15.9. The van der Waals surface area contributed by atoms with Gasteiger partial charge in [-0.05, 0) is 36.4 Å². The number of nitrogens with zero attached hydrogens (tertiary/aromatic N) is 2. The zero-order chi connectivity index (χ0) is 19.9. The summed E-state index contributed by atoms with van der Waals surface area (Å²) in [6, 6.07) is 12.2. The van der Waals surface area contributed by atoms with Crippen molar-refractivity contribution in [2.75, 3.05) is 26.1 Å². The molecule has 3 aromatic rings. The van der Waals surface area contributed by atoms with Gasteiger partial charge in [-0.1, -0.05) is 6.92 Å². The Labute approximate surface area is 162 Å². The van der Waals surface area contributed by atoms with Crippen LogP contribution in [0.2, 0.25) is 0 Å². The molecule has 28 heavy (non-hydrogen) atoms. The van der Waals surface area contributed by atoms with E-state index in [0.717, 1.165) is 5.56 Å². The smallest absolute Gasteiger partial charge is 0.262 e. The molecule has 0 spiro atoms. The first-order chi connectivity index (χ1) is 13.6. The van der Waals surface area contributed by atoms with E-state index in [0.29, 0.717) is 41.1 Å². The Hall–Kier alpha value is -3.55. The zero-order valence-electron chi connectivity index (χ0n) is 15.9. The number of aryl methyl sites for hydroxylation is 1. The second-order valence-corrected chi connectivity index (χ2v) is 5.78. The SMILES string of the molecule is CCc1nnc(-c2ccc(OCC(=O)Nc3cc(OC)ccc3OC)cc2)o1. The summed E-state index contributed by atoms with van der Waals surface area (Å²) in [4.78, 5) is 12.2. The average Bonchev–Trinajstić information content (AvgIpc) is 3.22. The van der Waals surface area contributed by atoms with Crippen molar-refractivity contribution in [1.29, 1.82) is 0 Å². The van der Waals surface area contributed by atoms with E-state index in [1.54, 1.807) is 49.6 Å². The molecule has 0 saturated heterocycles. The van der Waals surface area contributed by atoms with Crippen LogP contribution >= 0.6 is 0 Å². The molecule has 3 rings (SSSR count). The lowest BCUT2D eigenvalue weighted by Crippen LogP contribution is -2.20. The van der Waals surface area contributed by atoms with Gasteiger partial charge >= 0.3 is 0 Å². The van der Waals surface area contributed by atoms with Gasteiger partial charge in [-0.3, -0.25) is 4.79 Å². The molecule has 8 nitrogen and oxygen atoms in total. The molecule has 0 unspecified atom stereocenters. The van der Waals surface area contributed by atoms with Crippen LogP contribution in [0.3, 0.4) is 0 Å². The molecule has 1 heterocycles. The van der Waals surface area contributed by atoms with E-state index in [4.69, 9.17) is 18.6 Å². The number of carbonyl (C=O) groups excluding carboxylic acids is 1. The van der Waals surface area contributed by atoms with Crippen LogP contribution in [0.15, 0.2) is 46.9 Å². The predicted octanol–water partition coefficient (Wildman–Crippen LogP) is 3.33. The number of methoxy groups -OCH3 is 2. The second kappa shape index (κ2) is 8.90. The van der Waals surface area contributed by atoms with Gasteiger partial charge in [0.1, 0.15) is 17.2 Å². The number of amides is 1. The molecular weight excluding hydrogens is 362 g/mol. The average molecular weight is 383 g/mol. The van der Waals surface area contributed by atoms with Crippen LogP contribution in [0.5, 0.6) is 17.2 Å². The summed E-state index contributed by atoms with van der Waals surface area (Å²) in [5.74, 6) is 2.41. The summed E-state index contributed by atoms with van der Waals surface area (Å²) in [6.45, 7) is 1.79. The highest BCUT2D eigenvalue weighted by Crippen LogP contribution is 2.29. The molecule has 0 fully saturated rings. The van der Waals surface area contributed by atoms with Gasteiger partial charge in [-0.2, -0.15) is 0 Å². The van der Waals surface area contributed by atoms with E-state index in [-0.39, 0.29) is 12.5 Å². The van der Waals surface area contributed by atoms with Crippen LogP contribution in [0.25, 0.3) is 11.5 Å². The molecule has 1 amide bonds. The number of hydrogen-bond acceptors (Lipinski definition) is 7. The Kier molecular flexibility index (Phi) is 6.11. The number of rotatable bonds is 8. The molecule has 0 bridgehead atoms. The number of carbonyl (C=O) groups is 1. The Bertz CT molecular complexity index is 937. The molecule has 8 heteroatoms. The Morgan fingerprint density at radius 2 is 1.79 bits per heavy atom. The molecule has 0 saturated carbocycles. The van der Waals surface area contributed by atoms with Gasteiger partial charge < -0.3 is 23.9 Å². The third-order valence-electron chi connectivity index (χ3n) is 3.92. The summed E-state index contributed by atoms with van der Waals surface area (Å²) >= 11 is 0.